The van der Waals surface area contributed by atoms with Crippen LogP contribution in [0.3, 0.4) is 0 Å². The third-order valence-electron chi connectivity index (χ3n) is 3.96. The summed E-state index contributed by atoms with van der Waals surface area (Å²) in [6.07, 6.45) is 3.00. The van der Waals surface area contributed by atoms with Crippen LogP contribution in [0.2, 0.25) is 0 Å². The van der Waals surface area contributed by atoms with Gasteiger partial charge in [-0.3, -0.25) is 4.79 Å². The third-order valence-corrected chi connectivity index (χ3v) is 5.81. The topological polar surface area (TPSA) is 92.8 Å². The van der Waals surface area contributed by atoms with Gasteiger partial charge in [-0.15, -0.1) is 13.2 Å². The quantitative estimate of drug-likeness (QED) is 0.503. The highest BCUT2D eigenvalue weighted by atomic mass is 32.2. The molecule has 1 N–H and O–H groups in total. The van der Waals surface area contributed by atoms with Crippen molar-refractivity contribution < 1.29 is 22.7 Å². The highest BCUT2D eigenvalue weighted by Gasteiger charge is 2.22. The highest BCUT2D eigenvalue weighted by molar-refractivity contribution is 7.89. The van der Waals surface area contributed by atoms with Gasteiger partial charge in [-0.2, -0.15) is 4.31 Å². The van der Waals surface area contributed by atoms with E-state index < -0.39 is 21.9 Å². The van der Waals surface area contributed by atoms with Crippen molar-refractivity contribution in [1.29, 1.82) is 0 Å². The van der Waals surface area contributed by atoms with Gasteiger partial charge >= 0.3 is 5.97 Å². The molecule has 0 aliphatic rings. The number of methoxy groups -OCH3 is 1. The predicted molar refractivity (Wildman–Crippen MR) is 111 cm³/mol. The van der Waals surface area contributed by atoms with Crippen LogP contribution in [-0.4, -0.2) is 44.8 Å². The minimum Gasteiger partial charge on any atom is -0.465 e. The fourth-order valence-corrected chi connectivity index (χ4v) is 3.91. The van der Waals surface area contributed by atoms with Crippen molar-refractivity contribution in [2.75, 3.05) is 25.5 Å². The molecule has 0 fully saturated rings. The average Bonchev–Trinajstić information content (AvgIpc) is 2.73. The smallest absolute Gasteiger partial charge is 0.337 e. The van der Waals surface area contributed by atoms with Crippen LogP contribution in [0.15, 0.2) is 78.7 Å². The van der Waals surface area contributed by atoms with Crippen LogP contribution >= 0.6 is 0 Å². The van der Waals surface area contributed by atoms with E-state index in [1.807, 2.05) is 0 Å². The fourth-order valence-electron chi connectivity index (χ4n) is 2.53. The second kappa shape index (κ2) is 9.81. The molecular formula is C21H22N2O5S. The lowest BCUT2D eigenvalue weighted by Gasteiger charge is -2.19. The lowest BCUT2D eigenvalue weighted by Crippen LogP contribution is -2.31. The molecule has 7 nitrogen and oxygen atoms in total. The Morgan fingerprint density at radius 1 is 1.03 bits per heavy atom. The van der Waals surface area contributed by atoms with E-state index in [2.05, 4.69) is 23.2 Å². The number of sulfonamides is 1. The van der Waals surface area contributed by atoms with Crippen molar-refractivity contribution in [1.82, 2.24) is 4.31 Å². The zero-order chi connectivity index (χ0) is 21.4. The van der Waals surface area contributed by atoms with Crippen molar-refractivity contribution in [2.24, 2.45) is 0 Å². The van der Waals surface area contributed by atoms with Crippen molar-refractivity contribution in [3.05, 3.63) is 85.0 Å². The van der Waals surface area contributed by atoms with Crippen LogP contribution in [0.25, 0.3) is 0 Å². The summed E-state index contributed by atoms with van der Waals surface area (Å²) >= 11 is 0. The molecule has 0 heterocycles. The number of rotatable bonds is 9. The molecule has 29 heavy (non-hydrogen) atoms. The van der Waals surface area contributed by atoms with Crippen LogP contribution in [0.4, 0.5) is 5.69 Å². The number of nitrogens with one attached hydrogen (secondary N) is 1. The Morgan fingerprint density at radius 3 is 2.17 bits per heavy atom. The van der Waals surface area contributed by atoms with E-state index in [4.69, 9.17) is 0 Å². The number of hydrogen-bond donors (Lipinski definition) is 1. The summed E-state index contributed by atoms with van der Waals surface area (Å²) in [5.41, 5.74) is 0.940. The number of hydrogen-bond acceptors (Lipinski definition) is 5. The first-order valence-corrected chi connectivity index (χ1v) is 10.1. The first kappa shape index (κ1) is 22.1. The van der Waals surface area contributed by atoms with Gasteiger partial charge in [0.05, 0.1) is 17.6 Å². The number of ether oxygens (including phenoxy) is 1. The fraction of sp³-hybridized carbons (Fsp3) is 0.143. The van der Waals surface area contributed by atoms with Crippen LogP contribution in [0, 0.1) is 0 Å². The lowest BCUT2D eigenvalue weighted by molar-refractivity contribution is 0.0600. The minimum atomic E-state index is -3.71. The van der Waals surface area contributed by atoms with Crippen molar-refractivity contribution in [2.45, 2.75) is 4.90 Å². The van der Waals surface area contributed by atoms with Gasteiger partial charge in [0.25, 0.3) is 5.91 Å². The summed E-state index contributed by atoms with van der Waals surface area (Å²) in [6.45, 7) is 7.45. The summed E-state index contributed by atoms with van der Waals surface area (Å²) in [6, 6.07) is 11.9. The maximum absolute atomic E-state index is 12.7. The number of carbonyl (C=O) groups is 2. The molecule has 1 amide bonds. The van der Waals surface area contributed by atoms with Gasteiger partial charge in [0.2, 0.25) is 10.0 Å². The Labute approximate surface area is 170 Å². The third kappa shape index (κ3) is 5.40. The molecule has 2 aromatic carbocycles. The van der Waals surface area contributed by atoms with E-state index in [-0.39, 0.29) is 29.1 Å². The highest BCUT2D eigenvalue weighted by Crippen LogP contribution is 2.19. The van der Waals surface area contributed by atoms with E-state index in [0.717, 1.165) is 0 Å². The van der Waals surface area contributed by atoms with Gasteiger partial charge in [0.1, 0.15) is 0 Å². The number of carbonyl (C=O) groups excluding carboxylic acids is 2. The van der Waals surface area contributed by atoms with Crippen molar-refractivity contribution in [3.63, 3.8) is 0 Å². The van der Waals surface area contributed by atoms with Crippen LogP contribution in [0.1, 0.15) is 20.7 Å². The summed E-state index contributed by atoms with van der Waals surface area (Å²) < 4.78 is 31.3. The van der Waals surface area contributed by atoms with E-state index in [1.54, 1.807) is 18.2 Å². The van der Waals surface area contributed by atoms with Crippen molar-refractivity contribution >= 4 is 27.6 Å². The van der Waals surface area contributed by atoms with E-state index in [1.165, 1.54) is 53.9 Å². The Morgan fingerprint density at radius 2 is 1.62 bits per heavy atom. The summed E-state index contributed by atoms with van der Waals surface area (Å²) in [4.78, 5) is 24.1. The molecule has 0 aromatic heterocycles. The number of amides is 1. The van der Waals surface area contributed by atoms with Gasteiger partial charge in [-0.25, -0.2) is 13.2 Å². The molecule has 152 valence electrons. The average molecular weight is 414 g/mol. The molecule has 0 bridgehead atoms. The first-order valence-electron chi connectivity index (χ1n) is 8.65. The summed E-state index contributed by atoms with van der Waals surface area (Å²) in [5, 5.41) is 2.67. The van der Waals surface area contributed by atoms with Gasteiger partial charge < -0.3 is 10.1 Å². The maximum atomic E-state index is 12.7. The molecule has 0 atom stereocenters. The molecule has 0 aliphatic carbocycles. The SMILES string of the molecule is C=CCN(CC=C)S(=O)(=O)c1ccc(NC(=O)c2cccc(C(=O)OC)c2)cc1. The molecule has 0 spiro atoms. The summed E-state index contributed by atoms with van der Waals surface area (Å²) in [7, 11) is -2.45. The molecule has 2 aromatic rings. The predicted octanol–water partition coefficient (Wildman–Crippen LogP) is 3.09. The molecule has 0 saturated heterocycles. The minimum absolute atomic E-state index is 0.0897. The van der Waals surface area contributed by atoms with E-state index in [9.17, 15) is 18.0 Å². The largest absolute Gasteiger partial charge is 0.465 e. The lowest BCUT2D eigenvalue weighted by atomic mass is 10.1. The number of benzene rings is 2. The van der Waals surface area contributed by atoms with Crippen LogP contribution < -0.4 is 5.32 Å². The Hall–Kier alpha value is -3.23. The summed E-state index contributed by atoms with van der Waals surface area (Å²) in [5.74, 6) is -0.982. The van der Waals surface area contributed by atoms with Gasteiger partial charge in [0.15, 0.2) is 0 Å². The monoisotopic (exact) mass is 414 g/mol. The van der Waals surface area contributed by atoms with Gasteiger partial charge in [-0.05, 0) is 42.5 Å². The number of nitrogens with zero attached hydrogens (tertiary/aromatic N) is 1. The van der Waals surface area contributed by atoms with Crippen LogP contribution in [0.5, 0.6) is 0 Å². The van der Waals surface area contributed by atoms with E-state index >= 15 is 0 Å². The molecule has 0 aliphatic heterocycles. The number of anilines is 1. The Balaban J connectivity index is 2.18. The molecule has 8 heteroatoms. The van der Waals surface area contributed by atoms with E-state index in [0.29, 0.717) is 5.69 Å². The Bertz CT molecular complexity index is 1000. The zero-order valence-corrected chi connectivity index (χ0v) is 16.8. The second-order valence-electron chi connectivity index (χ2n) is 5.95. The standard InChI is InChI=1S/C21H22N2O5S/c1-4-13-23(14-5-2)29(26,27)19-11-9-18(10-12-19)22-20(24)16-7-6-8-17(15-16)21(25)28-3/h4-12,15H,1-2,13-14H2,3H3,(H,22,24). The molecule has 0 unspecified atom stereocenters. The Kier molecular flexibility index (Phi) is 7.46. The molecule has 0 saturated carbocycles. The van der Waals surface area contributed by atoms with Crippen LogP contribution in [-0.2, 0) is 14.8 Å². The molecule has 2 rings (SSSR count). The number of esters is 1. The van der Waals surface area contributed by atoms with Gasteiger partial charge in [0, 0.05) is 24.3 Å². The second-order valence-corrected chi connectivity index (χ2v) is 7.89. The maximum Gasteiger partial charge on any atom is 0.337 e. The molecule has 0 radical (unpaired) electrons. The van der Waals surface area contributed by atoms with Crippen molar-refractivity contribution in [3.8, 4) is 0 Å². The van der Waals surface area contributed by atoms with Gasteiger partial charge in [-0.1, -0.05) is 18.2 Å². The normalized spacial score (nSPS) is 11.0. The zero-order valence-electron chi connectivity index (χ0n) is 16.0. The first-order chi connectivity index (χ1) is 13.8. The molecular weight excluding hydrogens is 392 g/mol.